The molecule has 1 rings (SSSR count). The van der Waals surface area contributed by atoms with E-state index in [1.165, 1.54) is 18.2 Å². The van der Waals surface area contributed by atoms with E-state index in [0.717, 1.165) is 0 Å². The summed E-state index contributed by atoms with van der Waals surface area (Å²) in [5.41, 5.74) is 5.87. The molecule has 0 unspecified atom stereocenters. The molecule has 0 amide bonds. The third kappa shape index (κ3) is 2.93. The molecular weight excluding hydrogens is 286 g/mol. The molecule has 15 heavy (non-hydrogen) atoms. The van der Waals surface area contributed by atoms with Gasteiger partial charge in [0.15, 0.2) is 15.6 Å². The first-order chi connectivity index (χ1) is 6.83. The highest BCUT2D eigenvalue weighted by Gasteiger charge is 2.19. The third-order valence-corrected chi connectivity index (χ3v) is 3.93. The van der Waals surface area contributed by atoms with Gasteiger partial charge in [-0.3, -0.25) is 4.79 Å². The Hall–Kier alpha value is -1.08. The molecule has 0 aliphatic rings. The molecule has 3 N–H and O–H groups in total. The van der Waals surface area contributed by atoms with Crippen molar-refractivity contribution in [1.29, 1.82) is 0 Å². The predicted octanol–water partition coefficient (Wildman–Crippen LogP) is 0.890. The molecule has 7 heteroatoms. The molecule has 0 radical (unpaired) electrons. The Labute approximate surface area is 94.9 Å². The molecule has 82 valence electrons. The van der Waals surface area contributed by atoms with Crippen molar-refractivity contribution < 1.29 is 18.3 Å². The van der Waals surface area contributed by atoms with Crippen LogP contribution in [-0.2, 0) is 14.6 Å². The topological polar surface area (TPSA) is 97.5 Å². The molecule has 0 aromatic heterocycles. The van der Waals surface area contributed by atoms with Gasteiger partial charge in [-0.25, -0.2) is 8.42 Å². The van der Waals surface area contributed by atoms with Crippen molar-refractivity contribution in [3.8, 4) is 0 Å². The molecule has 0 heterocycles. The number of carboxylic acid groups (broad SMARTS) is 1. The average Bonchev–Trinajstić information content (AvgIpc) is 2.07. The molecule has 1 aromatic rings. The second-order valence-electron chi connectivity index (χ2n) is 2.84. The number of hydrogen-bond donors (Lipinski definition) is 2. The predicted molar refractivity (Wildman–Crippen MR) is 58.2 cm³/mol. The lowest BCUT2D eigenvalue weighted by molar-refractivity contribution is -0.134. The first-order valence-electron chi connectivity index (χ1n) is 3.82. The van der Waals surface area contributed by atoms with Crippen LogP contribution in [0.2, 0.25) is 0 Å². The van der Waals surface area contributed by atoms with Gasteiger partial charge in [0.05, 0.1) is 4.90 Å². The maximum absolute atomic E-state index is 11.5. The normalized spacial score (nSPS) is 11.3. The standard InChI is InChI=1S/C8H8BrNO4S/c9-6-3-5(1-2-7(6)10)15(13,14)4-8(11)12/h1-3H,4,10H2,(H,11,12). The molecule has 0 saturated heterocycles. The van der Waals surface area contributed by atoms with Crippen molar-refractivity contribution in [3.63, 3.8) is 0 Å². The van der Waals surface area contributed by atoms with Crippen LogP contribution < -0.4 is 5.73 Å². The van der Waals surface area contributed by atoms with E-state index in [9.17, 15) is 13.2 Å². The van der Waals surface area contributed by atoms with E-state index in [4.69, 9.17) is 10.8 Å². The van der Waals surface area contributed by atoms with Crippen LogP contribution in [0.25, 0.3) is 0 Å². The van der Waals surface area contributed by atoms with Crippen molar-refractivity contribution in [2.75, 3.05) is 11.5 Å². The van der Waals surface area contributed by atoms with Crippen LogP contribution in [0.4, 0.5) is 5.69 Å². The van der Waals surface area contributed by atoms with Crippen LogP contribution in [0.5, 0.6) is 0 Å². The van der Waals surface area contributed by atoms with Crippen molar-refractivity contribution in [2.24, 2.45) is 0 Å². The Bertz CT molecular complexity index is 497. The Morgan fingerprint density at radius 3 is 2.53 bits per heavy atom. The molecule has 0 aliphatic carbocycles. The third-order valence-electron chi connectivity index (χ3n) is 1.64. The van der Waals surface area contributed by atoms with Gasteiger partial charge < -0.3 is 10.8 Å². The highest BCUT2D eigenvalue weighted by molar-refractivity contribution is 9.10. The number of nitrogen functional groups attached to an aromatic ring is 1. The lowest BCUT2D eigenvalue weighted by Crippen LogP contribution is -2.15. The maximum Gasteiger partial charge on any atom is 0.319 e. The summed E-state index contributed by atoms with van der Waals surface area (Å²) in [6.45, 7) is 0. The van der Waals surface area contributed by atoms with E-state index in [0.29, 0.717) is 10.2 Å². The summed E-state index contributed by atoms with van der Waals surface area (Å²) in [6, 6.07) is 3.96. The highest BCUT2D eigenvalue weighted by Crippen LogP contribution is 2.23. The number of aliphatic carboxylic acids is 1. The van der Waals surface area contributed by atoms with Gasteiger partial charge in [-0.2, -0.15) is 0 Å². The number of nitrogens with two attached hydrogens (primary N) is 1. The number of sulfone groups is 1. The smallest absolute Gasteiger partial charge is 0.319 e. The summed E-state index contributed by atoms with van der Waals surface area (Å²) in [5, 5.41) is 8.42. The fourth-order valence-electron chi connectivity index (χ4n) is 0.947. The second kappa shape index (κ2) is 4.19. The monoisotopic (exact) mass is 293 g/mol. The van der Waals surface area contributed by atoms with Crippen LogP contribution in [0.1, 0.15) is 0 Å². The van der Waals surface area contributed by atoms with Crippen LogP contribution in [0, 0.1) is 0 Å². The number of carboxylic acids is 1. The molecule has 0 bridgehead atoms. The number of anilines is 1. The minimum Gasteiger partial charge on any atom is -0.480 e. The van der Waals surface area contributed by atoms with Crippen LogP contribution >= 0.6 is 15.9 Å². The maximum atomic E-state index is 11.5. The largest absolute Gasteiger partial charge is 0.480 e. The number of hydrogen-bond acceptors (Lipinski definition) is 4. The van der Waals surface area contributed by atoms with Gasteiger partial charge in [-0.15, -0.1) is 0 Å². The first kappa shape index (κ1) is 12.0. The Morgan fingerprint density at radius 1 is 1.47 bits per heavy atom. The van der Waals surface area contributed by atoms with Crippen LogP contribution in [-0.4, -0.2) is 25.2 Å². The van der Waals surface area contributed by atoms with Crippen LogP contribution in [0.3, 0.4) is 0 Å². The summed E-state index contributed by atoms with van der Waals surface area (Å²) >= 11 is 3.07. The molecule has 0 fully saturated rings. The lowest BCUT2D eigenvalue weighted by Gasteiger charge is -2.03. The summed E-state index contributed by atoms with van der Waals surface area (Å²) in [5.74, 6) is -2.31. The van der Waals surface area contributed by atoms with Gasteiger partial charge in [-0.1, -0.05) is 0 Å². The van der Waals surface area contributed by atoms with Gasteiger partial charge in [0.2, 0.25) is 0 Å². The van der Waals surface area contributed by atoms with E-state index in [2.05, 4.69) is 15.9 Å². The van der Waals surface area contributed by atoms with Gasteiger partial charge in [0.25, 0.3) is 0 Å². The minimum atomic E-state index is -3.78. The van der Waals surface area contributed by atoms with Gasteiger partial charge >= 0.3 is 5.97 Å². The van der Waals surface area contributed by atoms with Gasteiger partial charge in [0.1, 0.15) is 0 Å². The molecule has 1 aromatic carbocycles. The zero-order valence-electron chi connectivity index (χ0n) is 7.47. The van der Waals surface area contributed by atoms with Gasteiger partial charge in [0, 0.05) is 10.2 Å². The number of rotatable bonds is 3. The van der Waals surface area contributed by atoms with Crippen LogP contribution in [0.15, 0.2) is 27.6 Å². The summed E-state index contributed by atoms with van der Waals surface area (Å²) in [4.78, 5) is 10.3. The van der Waals surface area contributed by atoms with Gasteiger partial charge in [-0.05, 0) is 34.1 Å². The van der Waals surface area contributed by atoms with Crippen molar-refractivity contribution >= 4 is 37.4 Å². The Morgan fingerprint density at radius 2 is 2.07 bits per heavy atom. The molecule has 5 nitrogen and oxygen atoms in total. The minimum absolute atomic E-state index is 0.0639. The van der Waals surface area contributed by atoms with E-state index >= 15 is 0 Å². The fourth-order valence-corrected chi connectivity index (χ4v) is 2.54. The summed E-state index contributed by atoms with van der Waals surface area (Å²) in [7, 11) is -3.78. The summed E-state index contributed by atoms with van der Waals surface area (Å²) in [6.07, 6.45) is 0. The number of halogens is 1. The Balaban J connectivity index is 3.17. The van der Waals surface area contributed by atoms with E-state index in [-0.39, 0.29) is 4.90 Å². The zero-order valence-corrected chi connectivity index (χ0v) is 9.88. The van der Waals surface area contributed by atoms with E-state index in [1.807, 2.05) is 0 Å². The number of benzene rings is 1. The fraction of sp³-hybridized carbons (Fsp3) is 0.125. The zero-order chi connectivity index (χ0) is 11.6. The molecule has 0 atom stereocenters. The SMILES string of the molecule is Nc1ccc(S(=O)(=O)CC(=O)O)cc1Br. The molecular formula is C8H8BrNO4S. The Kier molecular flexibility index (Phi) is 3.35. The van der Waals surface area contributed by atoms with Crippen molar-refractivity contribution in [2.45, 2.75) is 4.90 Å². The molecule has 0 saturated carbocycles. The second-order valence-corrected chi connectivity index (χ2v) is 5.68. The quantitative estimate of drug-likeness (QED) is 0.807. The molecule has 0 spiro atoms. The average molecular weight is 294 g/mol. The highest BCUT2D eigenvalue weighted by atomic mass is 79.9. The van der Waals surface area contributed by atoms with E-state index in [1.54, 1.807) is 0 Å². The van der Waals surface area contributed by atoms with E-state index < -0.39 is 21.6 Å². The molecule has 0 aliphatic heterocycles. The lowest BCUT2D eigenvalue weighted by atomic mass is 10.3. The van der Waals surface area contributed by atoms with Crippen molar-refractivity contribution in [3.05, 3.63) is 22.7 Å². The first-order valence-corrected chi connectivity index (χ1v) is 6.27. The van der Waals surface area contributed by atoms with Crippen molar-refractivity contribution in [1.82, 2.24) is 0 Å². The summed E-state index contributed by atoms with van der Waals surface area (Å²) < 4.78 is 23.4. The number of carbonyl (C=O) groups is 1.